The SMILES string of the molecule is COc1ccc(CCCN(C)c2cnn(C)c(=O)c2Cl)cc1. The van der Waals surface area contributed by atoms with Crippen molar-refractivity contribution in [2.45, 2.75) is 12.8 Å². The normalized spacial score (nSPS) is 10.5. The molecule has 1 heterocycles. The van der Waals surface area contributed by atoms with E-state index in [1.165, 1.54) is 10.2 Å². The highest BCUT2D eigenvalue weighted by Crippen LogP contribution is 2.20. The number of halogens is 1. The molecule has 0 aliphatic carbocycles. The molecule has 22 heavy (non-hydrogen) atoms. The summed E-state index contributed by atoms with van der Waals surface area (Å²) in [6.07, 6.45) is 3.52. The molecule has 0 N–H and O–H groups in total. The van der Waals surface area contributed by atoms with Crippen molar-refractivity contribution >= 4 is 17.3 Å². The van der Waals surface area contributed by atoms with Crippen molar-refractivity contribution < 1.29 is 4.74 Å². The van der Waals surface area contributed by atoms with Gasteiger partial charge in [0.2, 0.25) is 0 Å². The van der Waals surface area contributed by atoms with Crippen LogP contribution in [0, 0.1) is 0 Å². The van der Waals surface area contributed by atoms with Crippen molar-refractivity contribution in [1.29, 1.82) is 0 Å². The van der Waals surface area contributed by atoms with Crippen molar-refractivity contribution in [3.63, 3.8) is 0 Å². The van der Waals surface area contributed by atoms with Gasteiger partial charge in [-0.1, -0.05) is 23.7 Å². The maximum absolute atomic E-state index is 11.8. The van der Waals surface area contributed by atoms with E-state index in [0.29, 0.717) is 5.69 Å². The average Bonchev–Trinajstić information content (AvgIpc) is 2.53. The van der Waals surface area contributed by atoms with Crippen LogP contribution in [0.4, 0.5) is 5.69 Å². The summed E-state index contributed by atoms with van der Waals surface area (Å²) in [5.74, 6) is 0.860. The third kappa shape index (κ3) is 3.80. The van der Waals surface area contributed by atoms with Gasteiger partial charge in [-0.15, -0.1) is 0 Å². The molecular weight excluding hydrogens is 302 g/mol. The number of anilines is 1. The number of aryl methyl sites for hydroxylation is 2. The van der Waals surface area contributed by atoms with Gasteiger partial charge >= 0.3 is 0 Å². The largest absolute Gasteiger partial charge is 0.497 e. The molecule has 0 saturated carbocycles. The molecule has 0 atom stereocenters. The summed E-state index contributed by atoms with van der Waals surface area (Å²) in [5, 5.41) is 4.22. The van der Waals surface area contributed by atoms with Crippen LogP contribution in [0.1, 0.15) is 12.0 Å². The second-order valence-electron chi connectivity index (χ2n) is 5.15. The fourth-order valence-electron chi connectivity index (χ4n) is 2.20. The second kappa shape index (κ2) is 7.31. The molecule has 6 heteroatoms. The van der Waals surface area contributed by atoms with E-state index < -0.39 is 0 Å². The summed E-state index contributed by atoms with van der Waals surface area (Å²) in [6.45, 7) is 0.792. The second-order valence-corrected chi connectivity index (χ2v) is 5.52. The summed E-state index contributed by atoms with van der Waals surface area (Å²) < 4.78 is 6.38. The molecule has 0 bridgehead atoms. The van der Waals surface area contributed by atoms with Gasteiger partial charge in [-0.25, -0.2) is 4.68 Å². The summed E-state index contributed by atoms with van der Waals surface area (Å²) >= 11 is 6.09. The van der Waals surface area contributed by atoms with Gasteiger partial charge in [0.15, 0.2) is 0 Å². The van der Waals surface area contributed by atoms with E-state index in [0.717, 1.165) is 25.1 Å². The van der Waals surface area contributed by atoms with E-state index >= 15 is 0 Å². The summed E-state index contributed by atoms with van der Waals surface area (Å²) in [4.78, 5) is 13.7. The Bertz CT molecular complexity index is 683. The first-order valence-corrected chi connectivity index (χ1v) is 7.46. The smallest absolute Gasteiger partial charge is 0.287 e. The molecule has 5 nitrogen and oxygen atoms in total. The van der Waals surface area contributed by atoms with Gasteiger partial charge in [-0.05, 0) is 30.5 Å². The highest BCUT2D eigenvalue weighted by Gasteiger charge is 2.11. The number of hydrogen-bond acceptors (Lipinski definition) is 4. The Balaban J connectivity index is 1.94. The van der Waals surface area contributed by atoms with Gasteiger partial charge in [0, 0.05) is 20.6 Å². The van der Waals surface area contributed by atoms with Crippen LogP contribution in [0.2, 0.25) is 5.02 Å². The maximum atomic E-state index is 11.8. The molecule has 0 spiro atoms. The Morgan fingerprint density at radius 1 is 1.32 bits per heavy atom. The summed E-state index contributed by atoms with van der Waals surface area (Å²) in [7, 11) is 5.16. The van der Waals surface area contributed by atoms with Crippen molar-refractivity contribution in [2.24, 2.45) is 7.05 Å². The summed E-state index contributed by atoms with van der Waals surface area (Å²) in [5.41, 5.74) is 1.64. The zero-order valence-corrected chi connectivity index (χ0v) is 13.8. The molecule has 0 radical (unpaired) electrons. The third-order valence-corrected chi connectivity index (χ3v) is 3.94. The van der Waals surface area contributed by atoms with Crippen LogP contribution in [0.3, 0.4) is 0 Å². The zero-order valence-electron chi connectivity index (χ0n) is 13.0. The molecule has 118 valence electrons. The minimum atomic E-state index is -0.277. The van der Waals surface area contributed by atoms with Crippen LogP contribution in [0.25, 0.3) is 0 Å². The molecule has 0 amide bonds. The van der Waals surface area contributed by atoms with Crippen LogP contribution in [-0.4, -0.2) is 30.5 Å². The topological polar surface area (TPSA) is 47.4 Å². The maximum Gasteiger partial charge on any atom is 0.287 e. The standard InChI is InChI=1S/C16H20ClN3O2/c1-19(14-11-18-20(2)16(21)15(14)17)10-4-5-12-6-8-13(22-3)9-7-12/h6-9,11H,4-5,10H2,1-3H3. The van der Waals surface area contributed by atoms with Crippen molar-refractivity contribution in [2.75, 3.05) is 25.6 Å². The number of hydrogen-bond donors (Lipinski definition) is 0. The lowest BCUT2D eigenvalue weighted by Gasteiger charge is -2.20. The molecule has 0 fully saturated rings. The molecule has 1 aromatic carbocycles. The van der Waals surface area contributed by atoms with Gasteiger partial charge in [-0.3, -0.25) is 4.79 Å². The number of benzene rings is 1. The van der Waals surface area contributed by atoms with Gasteiger partial charge in [0.05, 0.1) is 19.0 Å². The molecule has 1 aromatic heterocycles. The lowest BCUT2D eigenvalue weighted by molar-refractivity contribution is 0.414. The van der Waals surface area contributed by atoms with E-state index in [4.69, 9.17) is 16.3 Å². The first-order valence-electron chi connectivity index (χ1n) is 7.09. The highest BCUT2D eigenvalue weighted by molar-refractivity contribution is 6.33. The molecule has 2 rings (SSSR count). The van der Waals surface area contributed by atoms with E-state index in [-0.39, 0.29) is 10.6 Å². The Morgan fingerprint density at radius 3 is 2.64 bits per heavy atom. The predicted molar refractivity (Wildman–Crippen MR) is 89.1 cm³/mol. The Labute approximate surface area is 135 Å². The third-order valence-electron chi connectivity index (χ3n) is 3.59. The number of aromatic nitrogens is 2. The molecule has 0 unspecified atom stereocenters. The van der Waals surface area contributed by atoms with Gasteiger partial charge in [-0.2, -0.15) is 5.10 Å². The molecule has 0 aliphatic heterocycles. The Morgan fingerprint density at radius 2 is 2.00 bits per heavy atom. The van der Waals surface area contributed by atoms with Crippen LogP contribution >= 0.6 is 11.6 Å². The number of nitrogens with zero attached hydrogens (tertiary/aromatic N) is 3. The van der Waals surface area contributed by atoms with Gasteiger partial charge in [0.25, 0.3) is 5.56 Å². The van der Waals surface area contributed by atoms with Gasteiger partial charge < -0.3 is 9.64 Å². The lowest BCUT2D eigenvalue weighted by Crippen LogP contribution is -2.26. The number of rotatable bonds is 6. The minimum Gasteiger partial charge on any atom is -0.497 e. The summed E-state index contributed by atoms with van der Waals surface area (Å²) in [6, 6.07) is 8.04. The lowest BCUT2D eigenvalue weighted by atomic mass is 10.1. The number of methoxy groups -OCH3 is 1. The predicted octanol–water partition coefficient (Wildman–Crippen LogP) is 2.51. The zero-order chi connectivity index (χ0) is 16.1. The number of ether oxygens (including phenoxy) is 1. The van der Waals surface area contributed by atoms with Crippen LogP contribution in [-0.2, 0) is 13.5 Å². The first-order chi connectivity index (χ1) is 10.5. The fraction of sp³-hybridized carbons (Fsp3) is 0.375. The van der Waals surface area contributed by atoms with E-state index in [9.17, 15) is 4.79 Å². The van der Waals surface area contributed by atoms with Crippen LogP contribution < -0.4 is 15.2 Å². The quantitative estimate of drug-likeness (QED) is 0.820. The molecule has 0 aliphatic rings. The molecular formula is C16H20ClN3O2. The monoisotopic (exact) mass is 321 g/mol. The minimum absolute atomic E-state index is 0.212. The van der Waals surface area contributed by atoms with Crippen molar-refractivity contribution in [3.05, 3.63) is 51.4 Å². The Hall–Kier alpha value is -2.01. The highest BCUT2D eigenvalue weighted by atomic mass is 35.5. The van der Waals surface area contributed by atoms with E-state index in [1.807, 2.05) is 24.1 Å². The average molecular weight is 322 g/mol. The van der Waals surface area contributed by atoms with E-state index in [1.54, 1.807) is 20.4 Å². The van der Waals surface area contributed by atoms with Gasteiger partial charge in [0.1, 0.15) is 10.8 Å². The van der Waals surface area contributed by atoms with Crippen molar-refractivity contribution in [1.82, 2.24) is 9.78 Å². The molecule has 2 aromatic rings. The fourth-order valence-corrected chi connectivity index (χ4v) is 2.52. The van der Waals surface area contributed by atoms with E-state index in [2.05, 4.69) is 17.2 Å². The van der Waals surface area contributed by atoms with Crippen LogP contribution in [0.15, 0.2) is 35.3 Å². The molecule has 0 saturated heterocycles. The first kappa shape index (κ1) is 16.4. The van der Waals surface area contributed by atoms with Crippen LogP contribution in [0.5, 0.6) is 5.75 Å². The van der Waals surface area contributed by atoms with Crippen molar-refractivity contribution in [3.8, 4) is 5.75 Å². The Kier molecular flexibility index (Phi) is 5.44.